The van der Waals surface area contributed by atoms with Gasteiger partial charge in [-0.15, -0.1) is 0 Å². The summed E-state index contributed by atoms with van der Waals surface area (Å²) in [6.07, 6.45) is 0. The molecule has 1 heterocycles. The zero-order valence-corrected chi connectivity index (χ0v) is 7.84. The summed E-state index contributed by atoms with van der Waals surface area (Å²) in [5.41, 5.74) is 0.685. The van der Waals surface area contributed by atoms with Gasteiger partial charge in [0.25, 0.3) is 5.69 Å². The summed E-state index contributed by atoms with van der Waals surface area (Å²) < 4.78 is 5.22. The van der Waals surface area contributed by atoms with Crippen molar-refractivity contribution in [2.24, 2.45) is 0 Å². The number of fused-ring (bicyclic) bond motifs is 1. The Morgan fingerprint density at radius 3 is 3.07 bits per heavy atom. The third kappa shape index (κ3) is 1.51. The van der Waals surface area contributed by atoms with Crippen molar-refractivity contribution in [1.82, 2.24) is 0 Å². The predicted octanol–water partition coefficient (Wildman–Crippen LogP) is 1.73. The molecular weight excluding hydrogens is 204 g/mol. The number of anilines is 1. The van der Waals surface area contributed by atoms with Gasteiger partial charge in [0, 0.05) is 6.07 Å². The summed E-state index contributed by atoms with van der Waals surface area (Å²) in [6.45, 7) is 0.267. The van der Waals surface area contributed by atoms with Crippen molar-refractivity contribution < 1.29 is 9.66 Å². The van der Waals surface area contributed by atoms with Crippen molar-refractivity contribution in [1.29, 1.82) is 0 Å². The zero-order chi connectivity index (χ0) is 10.1. The molecule has 0 fully saturated rings. The summed E-state index contributed by atoms with van der Waals surface area (Å²) in [5.74, 6) is 0.466. The number of hydrogen-bond acceptors (Lipinski definition) is 4. The second-order valence-corrected chi connectivity index (χ2v) is 3.27. The lowest BCUT2D eigenvalue weighted by Crippen LogP contribution is -2.23. The largest absolute Gasteiger partial charge is 0.484 e. The average Bonchev–Trinajstić information content (AvgIpc) is 2.16. The second kappa shape index (κ2) is 3.22. The minimum atomic E-state index is -0.462. The van der Waals surface area contributed by atoms with E-state index < -0.39 is 4.92 Å². The number of non-ortho nitro benzene ring substituents is 1. The van der Waals surface area contributed by atoms with Crippen LogP contribution in [-0.2, 0) is 0 Å². The highest BCUT2D eigenvalue weighted by Gasteiger charge is 2.16. The van der Waals surface area contributed by atoms with Gasteiger partial charge in [0.1, 0.15) is 17.3 Å². The molecule has 14 heavy (non-hydrogen) atoms. The van der Waals surface area contributed by atoms with E-state index in [9.17, 15) is 10.1 Å². The Labute approximate surface area is 84.8 Å². The molecule has 0 unspecified atom stereocenters. The number of nitro benzene ring substituents is 1. The number of rotatable bonds is 1. The third-order valence-corrected chi connectivity index (χ3v) is 2.03. The molecule has 0 spiro atoms. The van der Waals surface area contributed by atoms with E-state index in [4.69, 9.17) is 17.0 Å². The molecule has 2 rings (SSSR count). The summed E-state index contributed by atoms with van der Waals surface area (Å²) in [4.78, 5) is 10.6. The first kappa shape index (κ1) is 8.89. The van der Waals surface area contributed by atoms with Crippen LogP contribution in [0.1, 0.15) is 0 Å². The number of ether oxygens (including phenoxy) is 1. The van der Waals surface area contributed by atoms with Gasteiger partial charge >= 0.3 is 0 Å². The van der Waals surface area contributed by atoms with Crippen LogP contribution < -0.4 is 10.1 Å². The van der Waals surface area contributed by atoms with Gasteiger partial charge in [0.05, 0.1) is 16.7 Å². The molecule has 0 radical (unpaired) electrons. The molecular formula is C8H6N2O3S. The number of nitrogens with zero attached hydrogens (tertiary/aromatic N) is 1. The Balaban J connectivity index is 2.41. The fourth-order valence-corrected chi connectivity index (χ4v) is 1.35. The summed E-state index contributed by atoms with van der Waals surface area (Å²) >= 11 is 4.90. The van der Waals surface area contributed by atoms with Gasteiger partial charge in [-0.05, 0) is 6.07 Å². The molecule has 6 heteroatoms. The normalized spacial score (nSPS) is 13.9. The predicted molar refractivity (Wildman–Crippen MR) is 54.8 cm³/mol. The van der Waals surface area contributed by atoms with Gasteiger partial charge in [0.2, 0.25) is 0 Å². The maximum absolute atomic E-state index is 10.5. The number of thiocarbonyl (C=S) groups is 1. The smallest absolute Gasteiger partial charge is 0.273 e. The minimum Gasteiger partial charge on any atom is -0.484 e. The van der Waals surface area contributed by atoms with Crippen molar-refractivity contribution in [2.75, 3.05) is 11.9 Å². The second-order valence-electron chi connectivity index (χ2n) is 2.77. The van der Waals surface area contributed by atoms with Gasteiger partial charge in [-0.2, -0.15) is 0 Å². The van der Waals surface area contributed by atoms with E-state index in [1.54, 1.807) is 6.07 Å². The van der Waals surface area contributed by atoms with E-state index in [1.807, 2.05) is 0 Å². The van der Waals surface area contributed by atoms with Crippen LogP contribution >= 0.6 is 12.2 Å². The summed E-state index contributed by atoms with van der Waals surface area (Å²) in [7, 11) is 0. The molecule has 1 aromatic carbocycles. The maximum Gasteiger partial charge on any atom is 0.273 e. The highest BCUT2D eigenvalue weighted by Crippen LogP contribution is 2.31. The van der Waals surface area contributed by atoms with E-state index >= 15 is 0 Å². The summed E-state index contributed by atoms with van der Waals surface area (Å²) in [6, 6.07) is 4.37. The highest BCUT2D eigenvalue weighted by atomic mass is 32.1. The molecule has 0 aliphatic carbocycles. The van der Waals surface area contributed by atoms with Crippen LogP contribution in [0.15, 0.2) is 18.2 Å². The van der Waals surface area contributed by atoms with E-state index in [0.29, 0.717) is 16.4 Å². The monoisotopic (exact) mass is 210 g/mol. The van der Waals surface area contributed by atoms with E-state index in [1.165, 1.54) is 12.1 Å². The van der Waals surface area contributed by atoms with Crippen molar-refractivity contribution in [3.8, 4) is 5.75 Å². The van der Waals surface area contributed by atoms with Crippen LogP contribution in [0.3, 0.4) is 0 Å². The van der Waals surface area contributed by atoms with Crippen molar-refractivity contribution >= 4 is 28.6 Å². The molecule has 1 aliphatic rings. The van der Waals surface area contributed by atoms with Crippen LogP contribution in [0.2, 0.25) is 0 Å². The number of nitrogens with one attached hydrogen (secondary N) is 1. The lowest BCUT2D eigenvalue weighted by molar-refractivity contribution is -0.384. The van der Waals surface area contributed by atoms with Crippen LogP contribution in [-0.4, -0.2) is 16.5 Å². The molecule has 5 nitrogen and oxygen atoms in total. The quantitative estimate of drug-likeness (QED) is 0.434. The molecule has 72 valence electrons. The molecule has 0 bridgehead atoms. The van der Waals surface area contributed by atoms with Gasteiger partial charge in [0.15, 0.2) is 0 Å². The lowest BCUT2D eigenvalue weighted by atomic mass is 10.2. The first-order valence-electron chi connectivity index (χ1n) is 3.88. The van der Waals surface area contributed by atoms with Crippen LogP contribution in [0.25, 0.3) is 0 Å². The van der Waals surface area contributed by atoms with Crippen molar-refractivity contribution in [3.05, 3.63) is 28.3 Å². The fraction of sp³-hybridized carbons (Fsp3) is 0.125. The first-order chi connectivity index (χ1) is 6.66. The maximum atomic E-state index is 10.5. The standard InChI is InChI=1S/C8H6N2O3S/c11-10(12)5-1-2-6-7(3-5)13-4-8(14)9-6/h1-3H,4H2,(H,9,14). The minimum absolute atomic E-state index is 0.0124. The molecule has 0 saturated heterocycles. The van der Waals surface area contributed by atoms with Gasteiger partial charge in [-0.25, -0.2) is 0 Å². The van der Waals surface area contributed by atoms with Crippen molar-refractivity contribution in [2.45, 2.75) is 0 Å². The number of hydrogen-bond donors (Lipinski definition) is 1. The van der Waals surface area contributed by atoms with Crippen LogP contribution in [0, 0.1) is 10.1 Å². The van der Waals surface area contributed by atoms with Crippen LogP contribution in [0.4, 0.5) is 11.4 Å². The average molecular weight is 210 g/mol. The molecule has 0 atom stereocenters. The fourth-order valence-electron chi connectivity index (χ4n) is 1.18. The van der Waals surface area contributed by atoms with Gasteiger partial charge in [-0.3, -0.25) is 10.1 Å². The molecule has 1 N–H and O–H groups in total. The molecule has 0 saturated carbocycles. The number of benzene rings is 1. The Morgan fingerprint density at radius 2 is 2.36 bits per heavy atom. The molecule has 1 aliphatic heterocycles. The molecule has 1 aromatic rings. The Kier molecular flexibility index (Phi) is 2.05. The Bertz CT molecular complexity index is 419. The Hall–Kier alpha value is -1.69. The van der Waals surface area contributed by atoms with E-state index in [2.05, 4.69) is 5.32 Å². The van der Waals surface area contributed by atoms with E-state index in [0.717, 1.165) is 0 Å². The first-order valence-corrected chi connectivity index (χ1v) is 4.29. The van der Waals surface area contributed by atoms with Gasteiger partial charge < -0.3 is 10.1 Å². The third-order valence-electron chi connectivity index (χ3n) is 1.81. The highest BCUT2D eigenvalue weighted by molar-refractivity contribution is 7.80. The number of nitro groups is 1. The Morgan fingerprint density at radius 1 is 1.57 bits per heavy atom. The van der Waals surface area contributed by atoms with E-state index in [-0.39, 0.29) is 12.3 Å². The SMILES string of the molecule is O=[N+]([O-])c1ccc2c(c1)OCC(=S)N2. The van der Waals surface area contributed by atoms with Gasteiger partial charge in [-0.1, -0.05) is 12.2 Å². The summed E-state index contributed by atoms with van der Waals surface area (Å²) in [5, 5.41) is 13.4. The van der Waals surface area contributed by atoms with Crippen LogP contribution in [0.5, 0.6) is 5.75 Å². The molecule has 0 amide bonds. The lowest BCUT2D eigenvalue weighted by Gasteiger charge is -2.18. The topological polar surface area (TPSA) is 64.4 Å². The zero-order valence-electron chi connectivity index (χ0n) is 7.02. The molecule has 0 aromatic heterocycles. The van der Waals surface area contributed by atoms with Crippen molar-refractivity contribution in [3.63, 3.8) is 0 Å².